The van der Waals surface area contributed by atoms with E-state index in [2.05, 4.69) is 15.9 Å². The number of halogens is 1. The van der Waals surface area contributed by atoms with Crippen molar-refractivity contribution in [1.82, 2.24) is 0 Å². The van der Waals surface area contributed by atoms with Crippen LogP contribution in [0.1, 0.15) is 23.6 Å². The van der Waals surface area contributed by atoms with E-state index in [-0.39, 0.29) is 6.61 Å². The first-order valence-electron chi connectivity index (χ1n) is 6.57. The fraction of sp³-hybridized carbons (Fsp3) is 0.294. The van der Waals surface area contributed by atoms with Crippen LogP contribution >= 0.6 is 15.9 Å². The molecule has 0 saturated heterocycles. The highest BCUT2D eigenvalue weighted by Crippen LogP contribution is 2.28. The maximum absolute atomic E-state index is 10.5. The summed E-state index contributed by atoms with van der Waals surface area (Å²) < 4.78 is 6.87. The van der Waals surface area contributed by atoms with E-state index in [1.807, 2.05) is 56.3 Å². The maximum atomic E-state index is 10.5. The van der Waals surface area contributed by atoms with E-state index in [1.54, 1.807) is 6.92 Å². The van der Waals surface area contributed by atoms with Crippen molar-refractivity contribution >= 4 is 15.9 Å². The minimum Gasteiger partial charge on any atom is -0.490 e. The number of aryl methyl sites for hydroxylation is 2. The topological polar surface area (TPSA) is 29.5 Å². The second-order valence-electron chi connectivity index (χ2n) is 5.30. The molecule has 0 heterocycles. The van der Waals surface area contributed by atoms with Gasteiger partial charge in [0.1, 0.15) is 18.0 Å². The van der Waals surface area contributed by atoms with Crippen LogP contribution in [0.4, 0.5) is 0 Å². The molecule has 1 N–H and O–H groups in total. The van der Waals surface area contributed by atoms with Gasteiger partial charge in [-0.05, 0) is 49.6 Å². The van der Waals surface area contributed by atoms with E-state index >= 15 is 0 Å². The van der Waals surface area contributed by atoms with Crippen molar-refractivity contribution < 1.29 is 9.84 Å². The number of aliphatic hydroxyl groups is 1. The van der Waals surface area contributed by atoms with Gasteiger partial charge in [0.05, 0.1) is 0 Å². The van der Waals surface area contributed by atoms with Gasteiger partial charge in [0.25, 0.3) is 0 Å². The van der Waals surface area contributed by atoms with Gasteiger partial charge in [-0.2, -0.15) is 0 Å². The first-order valence-corrected chi connectivity index (χ1v) is 7.37. The van der Waals surface area contributed by atoms with Crippen molar-refractivity contribution in [1.29, 1.82) is 0 Å². The Morgan fingerprint density at radius 2 is 1.65 bits per heavy atom. The molecule has 3 heteroatoms. The van der Waals surface area contributed by atoms with Crippen LogP contribution in [0.3, 0.4) is 0 Å². The van der Waals surface area contributed by atoms with Crippen LogP contribution < -0.4 is 4.74 Å². The minimum absolute atomic E-state index is 0.220. The Hall–Kier alpha value is -1.32. The maximum Gasteiger partial charge on any atom is 0.121 e. The van der Waals surface area contributed by atoms with Crippen LogP contribution in [0.2, 0.25) is 0 Å². The highest BCUT2D eigenvalue weighted by Gasteiger charge is 2.23. The van der Waals surface area contributed by atoms with Gasteiger partial charge < -0.3 is 9.84 Å². The van der Waals surface area contributed by atoms with Gasteiger partial charge in [-0.25, -0.2) is 0 Å². The summed E-state index contributed by atoms with van der Waals surface area (Å²) in [5.41, 5.74) is 2.10. The Kier molecular flexibility index (Phi) is 4.51. The summed E-state index contributed by atoms with van der Waals surface area (Å²) in [5, 5.41) is 10.5. The molecule has 0 fully saturated rings. The van der Waals surface area contributed by atoms with Crippen molar-refractivity contribution in [3.05, 3.63) is 63.6 Å². The number of ether oxygens (including phenoxy) is 1. The van der Waals surface area contributed by atoms with Crippen molar-refractivity contribution in [2.75, 3.05) is 6.61 Å². The van der Waals surface area contributed by atoms with Gasteiger partial charge in [-0.1, -0.05) is 46.3 Å². The lowest BCUT2D eigenvalue weighted by molar-refractivity contribution is 0.00756. The van der Waals surface area contributed by atoms with Gasteiger partial charge in [-0.3, -0.25) is 0 Å². The summed E-state index contributed by atoms with van der Waals surface area (Å²) in [6.07, 6.45) is 0. The van der Waals surface area contributed by atoms with Gasteiger partial charge in [0.2, 0.25) is 0 Å². The predicted octanol–water partition coefficient (Wildman–Crippen LogP) is 4.35. The third-order valence-electron chi connectivity index (χ3n) is 3.33. The Bertz CT molecular complexity index is 568. The third-order valence-corrected chi connectivity index (χ3v) is 4.58. The van der Waals surface area contributed by atoms with Gasteiger partial charge in [-0.15, -0.1) is 0 Å². The summed E-state index contributed by atoms with van der Waals surface area (Å²) in [4.78, 5) is 0. The van der Waals surface area contributed by atoms with Gasteiger partial charge >= 0.3 is 0 Å². The number of hydrogen-bond donors (Lipinski definition) is 1. The molecule has 106 valence electrons. The SMILES string of the molecule is Cc1cc(OCC(C)(O)c2ccccc2)cc(C)c1Br. The lowest BCUT2D eigenvalue weighted by atomic mass is 9.97. The summed E-state index contributed by atoms with van der Waals surface area (Å²) in [5.74, 6) is 0.777. The van der Waals surface area contributed by atoms with E-state index < -0.39 is 5.60 Å². The van der Waals surface area contributed by atoms with E-state index in [0.717, 1.165) is 26.9 Å². The molecule has 20 heavy (non-hydrogen) atoms. The van der Waals surface area contributed by atoms with Crippen molar-refractivity contribution in [3.8, 4) is 5.75 Å². The molecule has 1 unspecified atom stereocenters. The molecule has 0 amide bonds. The van der Waals surface area contributed by atoms with E-state index in [4.69, 9.17) is 4.74 Å². The second-order valence-corrected chi connectivity index (χ2v) is 6.09. The van der Waals surface area contributed by atoms with Crippen LogP contribution in [0.15, 0.2) is 46.9 Å². The van der Waals surface area contributed by atoms with Crippen LogP contribution in [0, 0.1) is 13.8 Å². The summed E-state index contributed by atoms with van der Waals surface area (Å²) >= 11 is 3.54. The molecule has 0 saturated carbocycles. The van der Waals surface area contributed by atoms with Gasteiger partial charge in [0.15, 0.2) is 0 Å². The molecular weight excluding hydrogens is 316 g/mol. The van der Waals surface area contributed by atoms with Gasteiger partial charge in [0, 0.05) is 4.47 Å². The highest BCUT2D eigenvalue weighted by molar-refractivity contribution is 9.10. The summed E-state index contributed by atoms with van der Waals surface area (Å²) in [7, 11) is 0. The monoisotopic (exact) mass is 334 g/mol. The van der Waals surface area contributed by atoms with Crippen molar-refractivity contribution in [2.45, 2.75) is 26.4 Å². The smallest absolute Gasteiger partial charge is 0.121 e. The molecule has 0 aliphatic carbocycles. The van der Waals surface area contributed by atoms with E-state index in [0.29, 0.717) is 0 Å². The van der Waals surface area contributed by atoms with E-state index in [1.165, 1.54) is 0 Å². The summed E-state index contributed by atoms with van der Waals surface area (Å²) in [6.45, 7) is 6.04. The van der Waals surface area contributed by atoms with Crippen LogP contribution in [0.25, 0.3) is 0 Å². The Morgan fingerprint density at radius 1 is 1.10 bits per heavy atom. The fourth-order valence-electron chi connectivity index (χ4n) is 2.09. The average Bonchev–Trinajstić information content (AvgIpc) is 2.43. The van der Waals surface area contributed by atoms with Crippen LogP contribution in [-0.2, 0) is 5.60 Å². The Labute approximate surface area is 128 Å². The zero-order valence-corrected chi connectivity index (χ0v) is 13.6. The molecule has 2 aromatic carbocycles. The molecule has 2 nitrogen and oxygen atoms in total. The van der Waals surface area contributed by atoms with E-state index in [9.17, 15) is 5.11 Å². The predicted molar refractivity (Wildman–Crippen MR) is 85.1 cm³/mol. The molecule has 0 spiro atoms. The molecule has 0 bridgehead atoms. The number of hydrogen-bond acceptors (Lipinski definition) is 2. The van der Waals surface area contributed by atoms with Crippen molar-refractivity contribution in [2.24, 2.45) is 0 Å². The first-order chi connectivity index (χ1) is 9.40. The highest BCUT2D eigenvalue weighted by atomic mass is 79.9. The average molecular weight is 335 g/mol. The number of rotatable bonds is 4. The van der Waals surface area contributed by atoms with Crippen LogP contribution in [0.5, 0.6) is 5.75 Å². The zero-order valence-electron chi connectivity index (χ0n) is 12.0. The minimum atomic E-state index is -1.00. The summed E-state index contributed by atoms with van der Waals surface area (Å²) in [6, 6.07) is 13.5. The molecule has 2 rings (SSSR count). The lowest BCUT2D eigenvalue weighted by Crippen LogP contribution is -2.29. The molecular formula is C17H19BrO2. The Balaban J connectivity index is 2.12. The first kappa shape index (κ1) is 15.1. The fourth-order valence-corrected chi connectivity index (χ4v) is 2.32. The second kappa shape index (κ2) is 5.98. The molecule has 0 aromatic heterocycles. The normalized spacial score (nSPS) is 13.8. The van der Waals surface area contributed by atoms with Crippen molar-refractivity contribution in [3.63, 3.8) is 0 Å². The third kappa shape index (κ3) is 3.41. The molecule has 2 aromatic rings. The number of benzene rings is 2. The Morgan fingerprint density at radius 3 is 2.20 bits per heavy atom. The molecule has 0 aliphatic heterocycles. The zero-order chi connectivity index (χ0) is 14.8. The molecule has 0 radical (unpaired) electrons. The van der Waals surface area contributed by atoms with Crippen LogP contribution in [-0.4, -0.2) is 11.7 Å². The largest absolute Gasteiger partial charge is 0.490 e. The standard InChI is InChI=1S/C17H19BrO2/c1-12-9-15(10-13(2)16(12)18)20-11-17(3,19)14-7-5-4-6-8-14/h4-10,19H,11H2,1-3H3. The quantitative estimate of drug-likeness (QED) is 0.900. The molecule has 1 atom stereocenters. The molecule has 0 aliphatic rings. The lowest BCUT2D eigenvalue weighted by Gasteiger charge is -2.24.